The molecule has 2 aromatic rings. The van der Waals surface area contributed by atoms with Crippen molar-refractivity contribution < 1.29 is 14.3 Å². The van der Waals surface area contributed by atoms with Gasteiger partial charge in [0.1, 0.15) is 6.61 Å². The average Bonchev–Trinajstić information content (AvgIpc) is 2.62. The number of ether oxygens (including phenoxy) is 1. The van der Waals surface area contributed by atoms with Gasteiger partial charge in [-0.05, 0) is 48.7 Å². The molecule has 0 fully saturated rings. The molecule has 5 nitrogen and oxygen atoms in total. The molecular formula is C19H20N2O3. The number of rotatable bonds is 4. The van der Waals surface area contributed by atoms with Crippen LogP contribution in [-0.4, -0.2) is 32.1 Å². The van der Waals surface area contributed by atoms with Crippen LogP contribution in [0.5, 0.6) is 0 Å². The lowest BCUT2D eigenvalue weighted by Gasteiger charge is -2.29. The molecule has 2 amide bonds. The topological polar surface area (TPSA) is 58.6 Å². The van der Waals surface area contributed by atoms with E-state index in [1.165, 1.54) is 7.11 Å². The number of benzene rings is 2. The van der Waals surface area contributed by atoms with Gasteiger partial charge in [-0.25, -0.2) is 0 Å². The van der Waals surface area contributed by atoms with Crippen LogP contribution in [0, 0.1) is 0 Å². The van der Waals surface area contributed by atoms with Crippen molar-refractivity contribution in [1.82, 2.24) is 0 Å². The van der Waals surface area contributed by atoms with Gasteiger partial charge in [0.05, 0.1) is 0 Å². The van der Waals surface area contributed by atoms with E-state index >= 15 is 0 Å². The van der Waals surface area contributed by atoms with Gasteiger partial charge in [0.15, 0.2) is 0 Å². The molecule has 0 radical (unpaired) electrons. The second-order valence-corrected chi connectivity index (χ2v) is 5.75. The lowest BCUT2D eigenvalue weighted by molar-refractivity contribution is -0.122. The van der Waals surface area contributed by atoms with Crippen molar-refractivity contribution in [3.05, 3.63) is 59.7 Å². The molecule has 3 rings (SSSR count). The minimum atomic E-state index is -0.140. The number of aryl methyl sites for hydroxylation is 1. The monoisotopic (exact) mass is 324 g/mol. The fraction of sp³-hybridized carbons (Fsp3) is 0.263. The lowest BCUT2D eigenvalue weighted by atomic mass is 10.0. The molecule has 0 bridgehead atoms. The maximum atomic E-state index is 12.2. The summed E-state index contributed by atoms with van der Waals surface area (Å²) in [6.07, 6.45) is 1.79. The van der Waals surface area contributed by atoms with Crippen LogP contribution in [0.3, 0.4) is 0 Å². The Kier molecular flexibility index (Phi) is 4.91. The van der Waals surface area contributed by atoms with Crippen molar-refractivity contribution in [1.29, 1.82) is 0 Å². The summed E-state index contributed by atoms with van der Waals surface area (Å²) in [4.78, 5) is 26.1. The number of amides is 2. The lowest BCUT2D eigenvalue weighted by Crippen LogP contribution is -2.37. The number of hydrogen-bond donors (Lipinski definition) is 1. The standard InChI is InChI=1S/C19H20N2O3/c1-24-13-18(22)21-11-5-8-15-12-16(9-10-17(15)21)20-19(23)14-6-3-2-4-7-14/h2-4,6-7,9-10,12H,5,8,11,13H2,1H3,(H,20,23). The maximum Gasteiger partial charge on any atom is 0.255 e. The van der Waals surface area contributed by atoms with Gasteiger partial charge in [0.25, 0.3) is 11.8 Å². The van der Waals surface area contributed by atoms with E-state index in [9.17, 15) is 9.59 Å². The number of methoxy groups -OCH3 is 1. The predicted octanol–water partition coefficient (Wildman–Crippen LogP) is 2.86. The summed E-state index contributed by atoms with van der Waals surface area (Å²) >= 11 is 0. The van der Waals surface area contributed by atoms with Crippen molar-refractivity contribution in [2.24, 2.45) is 0 Å². The number of fused-ring (bicyclic) bond motifs is 1. The smallest absolute Gasteiger partial charge is 0.255 e. The van der Waals surface area contributed by atoms with Crippen LogP contribution in [0.4, 0.5) is 11.4 Å². The van der Waals surface area contributed by atoms with Crippen LogP contribution in [0.25, 0.3) is 0 Å². The molecule has 0 spiro atoms. The molecular weight excluding hydrogens is 304 g/mol. The quantitative estimate of drug-likeness (QED) is 0.941. The average molecular weight is 324 g/mol. The van der Waals surface area contributed by atoms with E-state index in [2.05, 4.69) is 5.32 Å². The second-order valence-electron chi connectivity index (χ2n) is 5.75. The molecule has 0 aliphatic carbocycles. The van der Waals surface area contributed by atoms with E-state index in [0.29, 0.717) is 12.1 Å². The Morgan fingerprint density at radius 2 is 1.96 bits per heavy atom. The van der Waals surface area contributed by atoms with Crippen LogP contribution in [0.15, 0.2) is 48.5 Å². The normalized spacial score (nSPS) is 13.3. The van der Waals surface area contributed by atoms with Crippen molar-refractivity contribution in [2.45, 2.75) is 12.8 Å². The Labute approximate surface area is 141 Å². The number of anilines is 2. The molecule has 0 unspecified atom stereocenters. The van der Waals surface area contributed by atoms with Gasteiger partial charge in [0, 0.05) is 30.6 Å². The highest BCUT2D eigenvalue weighted by molar-refractivity contribution is 6.04. The van der Waals surface area contributed by atoms with Crippen molar-refractivity contribution in [3.8, 4) is 0 Å². The molecule has 0 saturated carbocycles. The summed E-state index contributed by atoms with van der Waals surface area (Å²) in [5, 5.41) is 2.91. The highest BCUT2D eigenvalue weighted by atomic mass is 16.5. The molecule has 1 N–H and O–H groups in total. The Hall–Kier alpha value is -2.66. The summed E-state index contributed by atoms with van der Waals surface area (Å²) in [5.41, 5.74) is 3.33. The first-order valence-electron chi connectivity index (χ1n) is 7.97. The molecule has 0 atom stereocenters. The molecule has 0 saturated heterocycles. The van der Waals surface area contributed by atoms with Gasteiger partial charge < -0.3 is 15.0 Å². The molecule has 1 heterocycles. The molecule has 2 aromatic carbocycles. The fourth-order valence-corrected chi connectivity index (χ4v) is 2.93. The fourth-order valence-electron chi connectivity index (χ4n) is 2.93. The number of nitrogens with zero attached hydrogens (tertiary/aromatic N) is 1. The van der Waals surface area contributed by atoms with Gasteiger partial charge in [-0.3, -0.25) is 9.59 Å². The van der Waals surface area contributed by atoms with Gasteiger partial charge in [-0.15, -0.1) is 0 Å². The van der Waals surface area contributed by atoms with Crippen LogP contribution in [-0.2, 0) is 16.0 Å². The number of nitrogens with one attached hydrogen (secondary N) is 1. The van der Waals surface area contributed by atoms with Crippen molar-refractivity contribution >= 4 is 23.2 Å². The van der Waals surface area contributed by atoms with Gasteiger partial charge in [0.2, 0.25) is 0 Å². The number of carbonyl (C=O) groups is 2. The summed E-state index contributed by atoms with van der Waals surface area (Å²) < 4.78 is 4.95. The summed E-state index contributed by atoms with van der Waals surface area (Å²) in [6.45, 7) is 0.775. The zero-order valence-electron chi connectivity index (χ0n) is 13.6. The van der Waals surface area contributed by atoms with E-state index in [1.807, 2.05) is 36.4 Å². The van der Waals surface area contributed by atoms with Crippen molar-refractivity contribution in [3.63, 3.8) is 0 Å². The highest BCUT2D eigenvalue weighted by Gasteiger charge is 2.22. The summed E-state index contributed by atoms with van der Waals surface area (Å²) in [6, 6.07) is 14.8. The maximum absolute atomic E-state index is 12.2. The minimum absolute atomic E-state index is 0.0421. The largest absolute Gasteiger partial charge is 0.375 e. The highest BCUT2D eigenvalue weighted by Crippen LogP contribution is 2.30. The van der Waals surface area contributed by atoms with Crippen LogP contribution in [0.1, 0.15) is 22.3 Å². The first-order chi connectivity index (χ1) is 11.7. The van der Waals surface area contributed by atoms with Gasteiger partial charge in [-0.2, -0.15) is 0 Å². The zero-order chi connectivity index (χ0) is 16.9. The van der Waals surface area contributed by atoms with E-state index in [4.69, 9.17) is 4.74 Å². The predicted molar refractivity (Wildman–Crippen MR) is 93.4 cm³/mol. The van der Waals surface area contributed by atoms with E-state index in [0.717, 1.165) is 29.8 Å². The molecule has 1 aliphatic heterocycles. The van der Waals surface area contributed by atoms with Gasteiger partial charge in [-0.1, -0.05) is 18.2 Å². The Morgan fingerprint density at radius 1 is 1.17 bits per heavy atom. The third kappa shape index (κ3) is 3.46. The first-order valence-corrected chi connectivity index (χ1v) is 7.97. The van der Waals surface area contributed by atoms with E-state index in [-0.39, 0.29) is 18.4 Å². The Balaban J connectivity index is 1.79. The Morgan fingerprint density at radius 3 is 2.71 bits per heavy atom. The SMILES string of the molecule is COCC(=O)N1CCCc2cc(NC(=O)c3ccccc3)ccc21. The molecule has 24 heavy (non-hydrogen) atoms. The molecule has 124 valence electrons. The summed E-state index contributed by atoms with van der Waals surface area (Å²) in [5.74, 6) is -0.182. The van der Waals surface area contributed by atoms with Crippen LogP contribution >= 0.6 is 0 Å². The third-order valence-electron chi connectivity index (χ3n) is 4.06. The van der Waals surface area contributed by atoms with E-state index in [1.54, 1.807) is 17.0 Å². The van der Waals surface area contributed by atoms with Crippen LogP contribution in [0.2, 0.25) is 0 Å². The minimum Gasteiger partial charge on any atom is -0.375 e. The molecule has 1 aliphatic rings. The van der Waals surface area contributed by atoms with E-state index < -0.39 is 0 Å². The first kappa shape index (κ1) is 16.2. The number of carbonyl (C=O) groups excluding carboxylic acids is 2. The zero-order valence-corrected chi connectivity index (χ0v) is 13.6. The third-order valence-corrected chi connectivity index (χ3v) is 4.06. The molecule has 5 heteroatoms. The van der Waals surface area contributed by atoms with Crippen LogP contribution < -0.4 is 10.2 Å². The number of hydrogen-bond acceptors (Lipinski definition) is 3. The second kappa shape index (κ2) is 7.27. The van der Waals surface area contributed by atoms with Crippen molar-refractivity contribution in [2.75, 3.05) is 30.5 Å². The molecule has 0 aromatic heterocycles. The van der Waals surface area contributed by atoms with Gasteiger partial charge >= 0.3 is 0 Å². The summed E-state index contributed by atoms with van der Waals surface area (Å²) in [7, 11) is 1.52. The Bertz CT molecular complexity index is 744.